The predicted molar refractivity (Wildman–Crippen MR) is 116 cm³/mol. The SMILES string of the molecule is CCC(C)N1C(=O)C(CC(=O)Nc2ccc(C)cc2)SC1=Nc1ccccc1. The molecule has 1 saturated heterocycles. The largest absolute Gasteiger partial charge is 0.326 e. The molecule has 6 heteroatoms. The molecule has 28 heavy (non-hydrogen) atoms. The molecule has 3 rings (SSSR count). The number of rotatable bonds is 6. The van der Waals surface area contributed by atoms with Crippen LogP contribution in [0.4, 0.5) is 11.4 Å². The molecular formula is C22H25N3O2S. The average Bonchev–Trinajstić information content (AvgIpc) is 2.98. The van der Waals surface area contributed by atoms with Crippen LogP contribution < -0.4 is 5.32 Å². The lowest BCUT2D eigenvalue weighted by Crippen LogP contribution is -2.39. The molecule has 0 bridgehead atoms. The number of hydrogen-bond acceptors (Lipinski definition) is 4. The second-order valence-corrected chi connectivity index (χ2v) is 8.09. The van der Waals surface area contributed by atoms with Crippen molar-refractivity contribution < 1.29 is 9.59 Å². The molecule has 1 N–H and O–H groups in total. The lowest BCUT2D eigenvalue weighted by Gasteiger charge is -2.23. The van der Waals surface area contributed by atoms with Gasteiger partial charge in [0, 0.05) is 18.2 Å². The van der Waals surface area contributed by atoms with E-state index >= 15 is 0 Å². The van der Waals surface area contributed by atoms with Gasteiger partial charge >= 0.3 is 0 Å². The van der Waals surface area contributed by atoms with Crippen LogP contribution in [-0.2, 0) is 9.59 Å². The maximum absolute atomic E-state index is 13.0. The van der Waals surface area contributed by atoms with E-state index in [4.69, 9.17) is 0 Å². The van der Waals surface area contributed by atoms with Crippen LogP contribution in [0.3, 0.4) is 0 Å². The maximum atomic E-state index is 13.0. The van der Waals surface area contributed by atoms with Crippen LogP contribution in [-0.4, -0.2) is 33.2 Å². The van der Waals surface area contributed by atoms with Crippen LogP contribution >= 0.6 is 11.8 Å². The van der Waals surface area contributed by atoms with E-state index in [0.29, 0.717) is 5.17 Å². The highest BCUT2D eigenvalue weighted by Gasteiger charge is 2.41. The van der Waals surface area contributed by atoms with E-state index in [1.54, 1.807) is 4.90 Å². The van der Waals surface area contributed by atoms with E-state index in [1.807, 2.05) is 75.4 Å². The number of aryl methyl sites for hydroxylation is 1. The number of nitrogens with zero attached hydrogens (tertiary/aromatic N) is 2. The molecular weight excluding hydrogens is 370 g/mol. The lowest BCUT2D eigenvalue weighted by molar-refractivity contribution is -0.129. The zero-order valence-electron chi connectivity index (χ0n) is 16.4. The summed E-state index contributed by atoms with van der Waals surface area (Å²) in [5.41, 5.74) is 2.67. The first-order valence-corrected chi connectivity index (χ1v) is 10.4. The van der Waals surface area contributed by atoms with Crippen molar-refractivity contribution in [1.29, 1.82) is 0 Å². The van der Waals surface area contributed by atoms with Crippen molar-refractivity contribution in [3.05, 3.63) is 60.2 Å². The smallest absolute Gasteiger partial charge is 0.242 e. The standard InChI is InChI=1S/C22H25N3O2S/c1-4-16(3)25-21(27)19(28-22(25)24-17-8-6-5-7-9-17)14-20(26)23-18-12-10-15(2)11-13-18/h5-13,16,19H,4,14H2,1-3H3,(H,23,26). The summed E-state index contributed by atoms with van der Waals surface area (Å²) in [7, 11) is 0. The number of carbonyl (C=O) groups is 2. The van der Waals surface area contributed by atoms with Crippen molar-refractivity contribution in [1.82, 2.24) is 4.90 Å². The predicted octanol–water partition coefficient (Wildman–Crippen LogP) is 4.75. The van der Waals surface area contributed by atoms with Crippen molar-refractivity contribution in [2.24, 2.45) is 4.99 Å². The van der Waals surface area contributed by atoms with Crippen LogP contribution in [0.25, 0.3) is 0 Å². The Bertz CT molecular complexity index is 865. The fourth-order valence-corrected chi connectivity index (χ4v) is 4.16. The molecule has 0 spiro atoms. The van der Waals surface area contributed by atoms with Gasteiger partial charge in [0.05, 0.1) is 5.69 Å². The highest BCUT2D eigenvalue weighted by molar-refractivity contribution is 8.15. The summed E-state index contributed by atoms with van der Waals surface area (Å²) in [6.45, 7) is 6.05. The Balaban J connectivity index is 1.74. The van der Waals surface area contributed by atoms with E-state index in [1.165, 1.54) is 11.8 Å². The van der Waals surface area contributed by atoms with Gasteiger partial charge in [-0.05, 0) is 44.5 Å². The van der Waals surface area contributed by atoms with Crippen LogP contribution in [0.2, 0.25) is 0 Å². The van der Waals surface area contributed by atoms with Crippen LogP contribution in [0, 0.1) is 6.92 Å². The molecule has 2 aromatic rings. The number of benzene rings is 2. The Hall–Kier alpha value is -2.60. The topological polar surface area (TPSA) is 61.8 Å². The minimum atomic E-state index is -0.457. The third-order valence-electron chi connectivity index (χ3n) is 4.69. The molecule has 2 aromatic carbocycles. The van der Waals surface area contributed by atoms with Crippen LogP contribution in [0.5, 0.6) is 0 Å². The van der Waals surface area contributed by atoms with E-state index in [2.05, 4.69) is 10.3 Å². The fraction of sp³-hybridized carbons (Fsp3) is 0.318. The number of para-hydroxylation sites is 1. The minimum Gasteiger partial charge on any atom is -0.326 e. The minimum absolute atomic E-state index is 0.0348. The summed E-state index contributed by atoms with van der Waals surface area (Å²) in [5.74, 6) is -0.215. The number of amidine groups is 1. The van der Waals surface area contributed by atoms with Gasteiger partial charge in [-0.15, -0.1) is 0 Å². The van der Waals surface area contributed by atoms with Gasteiger partial charge in [-0.2, -0.15) is 0 Å². The van der Waals surface area contributed by atoms with Gasteiger partial charge in [-0.25, -0.2) is 4.99 Å². The first-order chi connectivity index (χ1) is 13.5. The van der Waals surface area contributed by atoms with Crippen molar-refractivity contribution in [2.75, 3.05) is 5.32 Å². The molecule has 1 aliphatic heterocycles. The number of amides is 2. The normalized spacial score (nSPS) is 19.1. The van der Waals surface area contributed by atoms with Gasteiger partial charge in [0.1, 0.15) is 5.25 Å². The lowest BCUT2D eigenvalue weighted by atomic mass is 10.2. The van der Waals surface area contributed by atoms with E-state index < -0.39 is 5.25 Å². The average molecular weight is 396 g/mol. The quantitative estimate of drug-likeness (QED) is 0.767. The van der Waals surface area contributed by atoms with Crippen molar-refractivity contribution >= 4 is 40.1 Å². The van der Waals surface area contributed by atoms with E-state index in [9.17, 15) is 9.59 Å². The van der Waals surface area contributed by atoms with Crippen LogP contribution in [0.15, 0.2) is 59.6 Å². The molecule has 2 unspecified atom stereocenters. The van der Waals surface area contributed by atoms with Crippen molar-refractivity contribution in [2.45, 2.75) is 44.9 Å². The third kappa shape index (κ3) is 4.81. The summed E-state index contributed by atoms with van der Waals surface area (Å²) < 4.78 is 0. The molecule has 1 fully saturated rings. The molecule has 1 heterocycles. The first-order valence-electron chi connectivity index (χ1n) is 9.48. The van der Waals surface area contributed by atoms with Crippen LogP contribution in [0.1, 0.15) is 32.3 Å². The Labute approximate surface area is 170 Å². The van der Waals surface area contributed by atoms with Gasteiger partial charge < -0.3 is 5.32 Å². The molecule has 2 amide bonds. The summed E-state index contributed by atoms with van der Waals surface area (Å²) in [4.78, 5) is 31.9. The molecule has 146 valence electrons. The van der Waals surface area contributed by atoms with Gasteiger partial charge in [-0.1, -0.05) is 54.6 Å². The summed E-state index contributed by atoms with van der Waals surface area (Å²) in [6, 6.07) is 17.2. The number of carbonyl (C=O) groups excluding carboxylic acids is 2. The third-order valence-corrected chi connectivity index (χ3v) is 5.84. The summed E-state index contributed by atoms with van der Waals surface area (Å²) >= 11 is 1.37. The molecule has 0 aromatic heterocycles. The Morgan fingerprint density at radius 3 is 2.50 bits per heavy atom. The van der Waals surface area contributed by atoms with Crippen molar-refractivity contribution in [3.63, 3.8) is 0 Å². The molecule has 5 nitrogen and oxygen atoms in total. The van der Waals surface area contributed by atoms with Gasteiger partial charge in [0.15, 0.2) is 5.17 Å². The maximum Gasteiger partial charge on any atom is 0.242 e. The number of thioether (sulfide) groups is 1. The molecule has 1 aliphatic rings. The molecule has 2 atom stereocenters. The van der Waals surface area contributed by atoms with Gasteiger partial charge in [0.2, 0.25) is 11.8 Å². The van der Waals surface area contributed by atoms with Gasteiger partial charge in [0.25, 0.3) is 0 Å². The number of hydrogen-bond donors (Lipinski definition) is 1. The van der Waals surface area contributed by atoms with E-state index in [0.717, 1.165) is 23.4 Å². The second-order valence-electron chi connectivity index (χ2n) is 6.92. The molecule has 0 saturated carbocycles. The van der Waals surface area contributed by atoms with Crippen molar-refractivity contribution in [3.8, 4) is 0 Å². The fourth-order valence-electron chi connectivity index (χ4n) is 2.91. The number of aliphatic imine (C=N–C) groups is 1. The Kier molecular flexibility index (Phi) is 6.52. The Morgan fingerprint density at radius 1 is 1.18 bits per heavy atom. The summed E-state index contributed by atoms with van der Waals surface area (Å²) in [6.07, 6.45) is 0.945. The number of nitrogens with one attached hydrogen (secondary N) is 1. The molecule has 0 radical (unpaired) electrons. The first kappa shape index (κ1) is 20.1. The second kappa shape index (κ2) is 9.06. The highest BCUT2D eigenvalue weighted by atomic mass is 32.2. The van der Waals surface area contributed by atoms with Gasteiger partial charge in [-0.3, -0.25) is 14.5 Å². The number of anilines is 1. The highest BCUT2D eigenvalue weighted by Crippen LogP contribution is 2.33. The molecule has 0 aliphatic carbocycles. The summed E-state index contributed by atoms with van der Waals surface area (Å²) in [5, 5.41) is 3.09. The van der Waals surface area contributed by atoms with E-state index in [-0.39, 0.29) is 24.3 Å². The zero-order chi connectivity index (χ0) is 20.1. The zero-order valence-corrected chi connectivity index (χ0v) is 17.2. The Morgan fingerprint density at radius 2 is 1.86 bits per heavy atom. The monoisotopic (exact) mass is 395 g/mol.